The predicted molar refractivity (Wildman–Crippen MR) is 79.8 cm³/mol. The van der Waals surface area contributed by atoms with Gasteiger partial charge in [-0.05, 0) is 38.6 Å². The van der Waals surface area contributed by atoms with Crippen molar-refractivity contribution in [3.05, 3.63) is 0 Å². The van der Waals surface area contributed by atoms with E-state index in [9.17, 15) is 0 Å². The lowest BCUT2D eigenvalue weighted by Gasteiger charge is -2.27. The maximum Gasteiger partial charge on any atom is 0.116 e. The summed E-state index contributed by atoms with van der Waals surface area (Å²) < 4.78 is 6.10. The van der Waals surface area contributed by atoms with Gasteiger partial charge in [0.05, 0.1) is 6.10 Å². The van der Waals surface area contributed by atoms with Gasteiger partial charge in [-0.25, -0.2) is 0 Å². The highest BCUT2D eigenvalue weighted by molar-refractivity contribution is 7.99. The standard InChI is InChI=1S/C14H31NOS/c1-6-10-11-17-14(16-13(5)7-2)12-15(8-3)9-4/h13-14H,6-12H2,1-5H3. The highest BCUT2D eigenvalue weighted by Gasteiger charge is 2.15. The van der Waals surface area contributed by atoms with Crippen LogP contribution < -0.4 is 0 Å². The van der Waals surface area contributed by atoms with E-state index in [4.69, 9.17) is 4.74 Å². The second kappa shape index (κ2) is 11.4. The number of thioether (sulfide) groups is 1. The molecule has 104 valence electrons. The Balaban J connectivity index is 4.08. The molecule has 0 amide bonds. The van der Waals surface area contributed by atoms with Crippen molar-refractivity contribution >= 4 is 11.8 Å². The zero-order valence-corrected chi connectivity index (χ0v) is 13.2. The van der Waals surface area contributed by atoms with E-state index in [1.807, 2.05) is 11.8 Å². The molecule has 2 nitrogen and oxygen atoms in total. The first-order chi connectivity index (χ1) is 8.17. The molecule has 0 fully saturated rings. The fourth-order valence-corrected chi connectivity index (χ4v) is 2.84. The van der Waals surface area contributed by atoms with Crippen molar-refractivity contribution in [3.8, 4) is 0 Å². The minimum Gasteiger partial charge on any atom is -0.363 e. The Hall–Kier alpha value is 0.270. The Labute approximate surface area is 112 Å². The Morgan fingerprint density at radius 2 is 1.76 bits per heavy atom. The number of rotatable bonds is 11. The summed E-state index contributed by atoms with van der Waals surface area (Å²) in [6, 6.07) is 0. The molecular weight excluding hydrogens is 230 g/mol. The third kappa shape index (κ3) is 8.92. The average Bonchev–Trinajstić information content (AvgIpc) is 2.35. The van der Waals surface area contributed by atoms with Gasteiger partial charge in [0.25, 0.3) is 0 Å². The molecule has 0 saturated heterocycles. The molecule has 0 N–H and O–H groups in total. The lowest BCUT2D eigenvalue weighted by atomic mass is 10.3. The van der Waals surface area contributed by atoms with Crippen LogP contribution in [0.1, 0.15) is 53.9 Å². The van der Waals surface area contributed by atoms with Crippen molar-refractivity contribution in [2.45, 2.75) is 65.4 Å². The van der Waals surface area contributed by atoms with E-state index in [1.165, 1.54) is 18.6 Å². The van der Waals surface area contributed by atoms with Crippen molar-refractivity contribution in [3.63, 3.8) is 0 Å². The van der Waals surface area contributed by atoms with E-state index in [1.54, 1.807) is 0 Å². The number of nitrogens with zero attached hydrogens (tertiary/aromatic N) is 1. The van der Waals surface area contributed by atoms with E-state index in [0.717, 1.165) is 26.1 Å². The van der Waals surface area contributed by atoms with E-state index >= 15 is 0 Å². The second-order valence-electron chi connectivity index (χ2n) is 4.49. The molecule has 0 aromatic rings. The van der Waals surface area contributed by atoms with Crippen LogP contribution in [-0.4, -0.2) is 41.8 Å². The van der Waals surface area contributed by atoms with Crippen molar-refractivity contribution in [1.82, 2.24) is 4.90 Å². The molecule has 0 rings (SSSR count). The Morgan fingerprint density at radius 1 is 1.12 bits per heavy atom. The topological polar surface area (TPSA) is 12.5 Å². The number of hydrogen-bond donors (Lipinski definition) is 0. The van der Waals surface area contributed by atoms with Gasteiger partial charge in [0.1, 0.15) is 5.44 Å². The Bertz CT molecular complexity index is 162. The maximum absolute atomic E-state index is 6.10. The van der Waals surface area contributed by atoms with Crippen molar-refractivity contribution in [2.75, 3.05) is 25.4 Å². The molecule has 0 aromatic carbocycles. The van der Waals surface area contributed by atoms with Crippen LogP contribution in [0.15, 0.2) is 0 Å². The zero-order valence-electron chi connectivity index (χ0n) is 12.4. The average molecular weight is 261 g/mol. The zero-order chi connectivity index (χ0) is 13.1. The molecular formula is C14H31NOS. The molecule has 0 aliphatic rings. The van der Waals surface area contributed by atoms with Crippen LogP contribution in [0.3, 0.4) is 0 Å². The lowest BCUT2D eigenvalue weighted by Crippen LogP contribution is -2.34. The lowest BCUT2D eigenvalue weighted by molar-refractivity contribution is 0.0275. The summed E-state index contributed by atoms with van der Waals surface area (Å²) in [6.45, 7) is 14.4. The normalized spacial score (nSPS) is 15.2. The molecule has 0 radical (unpaired) electrons. The molecule has 0 saturated carbocycles. The SMILES string of the molecule is CCCCSC(CN(CC)CC)OC(C)CC. The Kier molecular flexibility index (Phi) is 11.5. The van der Waals surface area contributed by atoms with Crippen LogP contribution in [-0.2, 0) is 4.74 Å². The fraction of sp³-hybridized carbons (Fsp3) is 1.00. The summed E-state index contributed by atoms with van der Waals surface area (Å²) in [6.07, 6.45) is 4.05. The Morgan fingerprint density at radius 3 is 2.24 bits per heavy atom. The maximum atomic E-state index is 6.10. The van der Waals surface area contributed by atoms with Gasteiger partial charge in [0.2, 0.25) is 0 Å². The van der Waals surface area contributed by atoms with Gasteiger partial charge in [-0.15, -0.1) is 11.8 Å². The second-order valence-corrected chi connectivity index (χ2v) is 5.76. The van der Waals surface area contributed by atoms with Gasteiger partial charge in [-0.2, -0.15) is 0 Å². The van der Waals surface area contributed by atoms with Crippen LogP contribution in [0, 0.1) is 0 Å². The fourth-order valence-electron chi connectivity index (χ4n) is 1.54. The molecule has 0 aliphatic carbocycles. The smallest absolute Gasteiger partial charge is 0.116 e. The molecule has 2 atom stereocenters. The van der Waals surface area contributed by atoms with Crippen LogP contribution in [0.2, 0.25) is 0 Å². The van der Waals surface area contributed by atoms with Crippen molar-refractivity contribution in [1.29, 1.82) is 0 Å². The quantitative estimate of drug-likeness (QED) is 0.412. The predicted octanol–water partition coefficient (Wildman–Crippen LogP) is 4.00. The monoisotopic (exact) mass is 261 g/mol. The molecule has 2 unspecified atom stereocenters. The van der Waals surface area contributed by atoms with E-state index in [-0.39, 0.29) is 0 Å². The minimum atomic E-state index is 0.344. The number of hydrogen-bond acceptors (Lipinski definition) is 3. The van der Waals surface area contributed by atoms with E-state index < -0.39 is 0 Å². The first-order valence-electron chi connectivity index (χ1n) is 7.17. The number of likely N-dealkylation sites (N-methyl/N-ethyl adjacent to an activating group) is 1. The molecule has 17 heavy (non-hydrogen) atoms. The van der Waals surface area contributed by atoms with Gasteiger partial charge >= 0.3 is 0 Å². The first-order valence-corrected chi connectivity index (χ1v) is 8.22. The highest BCUT2D eigenvalue weighted by atomic mass is 32.2. The summed E-state index contributed by atoms with van der Waals surface area (Å²) in [4.78, 5) is 2.45. The van der Waals surface area contributed by atoms with Crippen LogP contribution >= 0.6 is 11.8 Å². The van der Waals surface area contributed by atoms with Crippen molar-refractivity contribution < 1.29 is 4.74 Å². The molecule has 0 spiro atoms. The largest absolute Gasteiger partial charge is 0.363 e. The van der Waals surface area contributed by atoms with Gasteiger partial charge < -0.3 is 9.64 Å². The third-order valence-corrected chi connectivity index (χ3v) is 4.22. The highest BCUT2D eigenvalue weighted by Crippen LogP contribution is 2.18. The number of ether oxygens (including phenoxy) is 1. The van der Waals surface area contributed by atoms with Crippen LogP contribution in [0.5, 0.6) is 0 Å². The summed E-state index contributed by atoms with van der Waals surface area (Å²) >= 11 is 1.98. The summed E-state index contributed by atoms with van der Waals surface area (Å²) in [7, 11) is 0. The molecule has 3 heteroatoms. The molecule has 0 bridgehead atoms. The van der Waals surface area contributed by atoms with Crippen LogP contribution in [0.4, 0.5) is 0 Å². The minimum absolute atomic E-state index is 0.344. The van der Waals surface area contributed by atoms with Crippen LogP contribution in [0.25, 0.3) is 0 Å². The van der Waals surface area contributed by atoms with Gasteiger partial charge in [-0.3, -0.25) is 0 Å². The van der Waals surface area contributed by atoms with Gasteiger partial charge in [0.15, 0.2) is 0 Å². The van der Waals surface area contributed by atoms with E-state index in [2.05, 4.69) is 39.5 Å². The van der Waals surface area contributed by atoms with E-state index in [0.29, 0.717) is 11.5 Å². The third-order valence-electron chi connectivity index (χ3n) is 3.06. The van der Waals surface area contributed by atoms with Gasteiger partial charge in [0, 0.05) is 6.54 Å². The van der Waals surface area contributed by atoms with Gasteiger partial charge in [-0.1, -0.05) is 34.1 Å². The van der Waals surface area contributed by atoms with Crippen molar-refractivity contribution in [2.24, 2.45) is 0 Å². The summed E-state index contributed by atoms with van der Waals surface area (Å²) in [5.74, 6) is 1.22. The summed E-state index contributed by atoms with van der Waals surface area (Å²) in [5.41, 5.74) is 0.344. The molecule has 0 heterocycles. The number of unbranched alkanes of at least 4 members (excludes halogenated alkanes) is 1. The first kappa shape index (κ1) is 17.3. The molecule has 0 aromatic heterocycles. The summed E-state index contributed by atoms with van der Waals surface area (Å²) in [5, 5.41) is 0. The molecule has 0 aliphatic heterocycles.